The van der Waals surface area contributed by atoms with E-state index in [2.05, 4.69) is 53.4 Å². The van der Waals surface area contributed by atoms with Crippen LogP contribution < -0.4 is 10.2 Å². The van der Waals surface area contributed by atoms with Crippen LogP contribution in [0, 0.1) is 13.8 Å². The maximum absolute atomic E-state index is 12.3. The maximum Gasteiger partial charge on any atom is 0.251 e. The van der Waals surface area contributed by atoms with Gasteiger partial charge in [-0.1, -0.05) is 18.2 Å². The number of hydrogen-bond donors (Lipinski definition) is 1. The highest BCUT2D eigenvalue weighted by Gasteiger charge is 2.14. The topological polar surface area (TPSA) is 35.6 Å². The molecule has 1 aliphatic rings. The lowest BCUT2D eigenvalue weighted by molar-refractivity contribution is 0.0954. The molecule has 4 nitrogen and oxygen atoms in total. The van der Waals surface area contributed by atoms with Gasteiger partial charge in [0.05, 0.1) is 0 Å². The standard InChI is InChI=1S/C22H29N3O/c1-17-4-7-20(16-18(17)2)22(26)23-11-10-19-5-8-21(9-6-19)25-14-12-24(3)13-15-25/h4-9,16H,10-15H2,1-3H3,(H,23,26). The maximum atomic E-state index is 12.3. The van der Waals surface area contributed by atoms with Gasteiger partial charge in [-0.25, -0.2) is 0 Å². The van der Waals surface area contributed by atoms with Crippen LogP contribution >= 0.6 is 0 Å². The van der Waals surface area contributed by atoms with Crippen molar-refractivity contribution in [2.75, 3.05) is 44.7 Å². The van der Waals surface area contributed by atoms with Crippen molar-refractivity contribution >= 4 is 11.6 Å². The quantitative estimate of drug-likeness (QED) is 0.899. The first kappa shape index (κ1) is 18.5. The summed E-state index contributed by atoms with van der Waals surface area (Å²) in [4.78, 5) is 17.1. The molecule has 0 radical (unpaired) electrons. The Hall–Kier alpha value is -2.33. The molecule has 2 aromatic rings. The minimum Gasteiger partial charge on any atom is -0.369 e. The van der Waals surface area contributed by atoms with Gasteiger partial charge in [0.1, 0.15) is 0 Å². The van der Waals surface area contributed by atoms with Gasteiger partial charge in [-0.15, -0.1) is 0 Å². The van der Waals surface area contributed by atoms with Crippen molar-refractivity contribution in [1.29, 1.82) is 0 Å². The van der Waals surface area contributed by atoms with Crippen LogP contribution in [0.3, 0.4) is 0 Å². The van der Waals surface area contributed by atoms with Gasteiger partial charge in [-0.05, 0) is 68.3 Å². The van der Waals surface area contributed by atoms with Gasteiger partial charge in [-0.2, -0.15) is 0 Å². The largest absolute Gasteiger partial charge is 0.369 e. The van der Waals surface area contributed by atoms with Gasteiger partial charge in [0.15, 0.2) is 0 Å². The van der Waals surface area contributed by atoms with Crippen molar-refractivity contribution in [3.05, 3.63) is 64.7 Å². The molecule has 3 rings (SSSR count). The Morgan fingerprint density at radius 1 is 0.962 bits per heavy atom. The van der Waals surface area contributed by atoms with Crippen molar-refractivity contribution in [3.8, 4) is 0 Å². The molecule has 2 aromatic carbocycles. The molecule has 1 amide bonds. The number of carbonyl (C=O) groups excluding carboxylic acids is 1. The van der Waals surface area contributed by atoms with Crippen molar-refractivity contribution in [2.24, 2.45) is 0 Å². The van der Waals surface area contributed by atoms with E-state index in [1.165, 1.54) is 16.8 Å². The van der Waals surface area contributed by atoms with Gasteiger partial charge >= 0.3 is 0 Å². The SMILES string of the molecule is Cc1ccc(C(=O)NCCc2ccc(N3CCN(C)CC3)cc2)cc1C. The molecule has 1 N–H and O–H groups in total. The normalized spacial score (nSPS) is 15.1. The van der Waals surface area contributed by atoms with Gasteiger partial charge in [0.25, 0.3) is 5.91 Å². The van der Waals surface area contributed by atoms with Crippen LogP contribution in [0.1, 0.15) is 27.0 Å². The number of nitrogens with one attached hydrogen (secondary N) is 1. The number of benzene rings is 2. The summed E-state index contributed by atoms with van der Waals surface area (Å²) in [6.07, 6.45) is 0.847. The zero-order valence-electron chi connectivity index (χ0n) is 16.1. The first-order valence-corrected chi connectivity index (χ1v) is 9.41. The van der Waals surface area contributed by atoms with E-state index in [4.69, 9.17) is 0 Å². The number of hydrogen-bond acceptors (Lipinski definition) is 3. The number of aryl methyl sites for hydroxylation is 2. The third-order valence-corrected chi connectivity index (χ3v) is 5.27. The van der Waals surface area contributed by atoms with Crippen LogP contribution in [0.15, 0.2) is 42.5 Å². The minimum atomic E-state index is 0.00200. The summed E-state index contributed by atoms with van der Waals surface area (Å²) in [7, 11) is 2.17. The third kappa shape index (κ3) is 4.64. The van der Waals surface area contributed by atoms with Gasteiger partial charge in [0, 0.05) is 44.0 Å². The van der Waals surface area contributed by atoms with Crippen LogP contribution in [0.25, 0.3) is 0 Å². The van der Waals surface area contributed by atoms with Crippen LogP contribution in [0.5, 0.6) is 0 Å². The van der Waals surface area contributed by atoms with Crippen molar-refractivity contribution < 1.29 is 4.79 Å². The fourth-order valence-electron chi connectivity index (χ4n) is 3.24. The Labute approximate surface area is 156 Å². The van der Waals surface area contributed by atoms with E-state index in [0.29, 0.717) is 6.54 Å². The second kappa shape index (κ2) is 8.37. The lowest BCUT2D eigenvalue weighted by Crippen LogP contribution is -2.44. The monoisotopic (exact) mass is 351 g/mol. The number of rotatable bonds is 5. The summed E-state index contributed by atoms with van der Waals surface area (Å²) in [6.45, 7) is 9.15. The van der Waals surface area contributed by atoms with Crippen LogP contribution in [0.2, 0.25) is 0 Å². The summed E-state index contributed by atoms with van der Waals surface area (Å²) in [5.41, 5.74) is 5.64. The molecule has 0 saturated carbocycles. The number of amides is 1. The first-order valence-electron chi connectivity index (χ1n) is 9.41. The van der Waals surface area contributed by atoms with Crippen LogP contribution in [-0.2, 0) is 6.42 Å². The fraction of sp³-hybridized carbons (Fsp3) is 0.409. The average Bonchev–Trinajstić information content (AvgIpc) is 2.65. The Kier molecular flexibility index (Phi) is 5.94. The molecule has 4 heteroatoms. The highest BCUT2D eigenvalue weighted by atomic mass is 16.1. The lowest BCUT2D eigenvalue weighted by atomic mass is 10.1. The molecule has 1 saturated heterocycles. The summed E-state index contributed by atoms with van der Waals surface area (Å²) >= 11 is 0. The Balaban J connectivity index is 1.49. The second-order valence-corrected chi connectivity index (χ2v) is 7.26. The molecule has 0 aliphatic carbocycles. The van der Waals surface area contributed by atoms with Crippen LogP contribution in [0.4, 0.5) is 5.69 Å². The number of likely N-dealkylation sites (N-methyl/N-ethyl adjacent to an activating group) is 1. The lowest BCUT2D eigenvalue weighted by Gasteiger charge is -2.34. The van der Waals surface area contributed by atoms with Gasteiger partial charge in [-0.3, -0.25) is 4.79 Å². The molecule has 1 fully saturated rings. The van der Waals surface area contributed by atoms with Crippen molar-refractivity contribution in [3.63, 3.8) is 0 Å². The first-order chi connectivity index (χ1) is 12.5. The van der Waals surface area contributed by atoms with E-state index in [9.17, 15) is 4.79 Å². The predicted molar refractivity (Wildman–Crippen MR) is 108 cm³/mol. The molecular weight excluding hydrogens is 322 g/mol. The van der Waals surface area contributed by atoms with Crippen molar-refractivity contribution in [2.45, 2.75) is 20.3 Å². The van der Waals surface area contributed by atoms with E-state index in [-0.39, 0.29) is 5.91 Å². The summed E-state index contributed by atoms with van der Waals surface area (Å²) in [5.74, 6) is 0.00200. The molecule has 0 atom stereocenters. The molecule has 26 heavy (non-hydrogen) atoms. The zero-order chi connectivity index (χ0) is 18.5. The average molecular weight is 351 g/mol. The zero-order valence-corrected chi connectivity index (χ0v) is 16.1. The smallest absolute Gasteiger partial charge is 0.251 e. The Bertz CT molecular complexity index is 746. The minimum absolute atomic E-state index is 0.00200. The summed E-state index contributed by atoms with van der Waals surface area (Å²) in [6, 6.07) is 14.6. The second-order valence-electron chi connectivity index (χ2n) is 7.26. The number of carbonyl (C=O) groups is 1. The van der Waals surface area contributed by atoms with Gasteiger partial charge in [0.2, 0.25) is 0 Å². The number of piperazine rings is 1. The molecule has 0 spiro atoms. The van der Waals surface area contributed by atoms with E-state index in [1.54, 1.807) is 0 Å². The Morgan fingerprint density at radius 3 is 2.31 bits per heavy atom. The van der Waals surface area contributed by atoms with Crippen molar-refractivity contribution in [1.82, 2.24) is 10.2 Å². The number of anilines is 1. The molecule has 1 aliphatic heterocycles. The van der Waals surface area contributed by atoms with E-state index < -0.39 is 0 Å². The van der Waals surface area contributed by atoms with E-state index in [1.807, 2.05) is 25.1 Å². The molecule has 1 heterocycles. The highest BCUT2D eigenvalue weighted by Crippen LogP contribution is 2.17. The summed E-state index contributed by atoms with van der Waals surface area (Å²) < 4.78 is 0. The highest BCUT2D eigenvalue weighted by molar-refractivity contribution is 5.94. The summed E-state index contributed by atoms with van der Waals surface area (Å²) in [5, 5.41) is 3.02. The van der Waals surface area contributed by atoms with Gasteiger partial charge < -0.3 is 15.1 Å². The molecule has 138 valence electrons. The van der Waals surface area contributed by atoms with E-state index >= 15 is 0 Å². The molecule has 0 aromatic heterocycles. The number of nitrogens with zero attached hydrogens (tertiary/aromatic N) is 2. The predicted octanol–water partition coefficient (Wildman–Crippen LogP) is 3.03. The third-order valence-electron chi connectivity index (χ3n) is 5.27. The molecule has 0 bridgehead atoms. The Morgan fingerprint density at radius 2 is 1.65 bits per heavy atom. The molecule has 0 unspecified atom stereocenters. The van der Waals surface area contributed by atoms with Crippen LogP contribution in [-0.4, -0.2) is 50.6 Å². The molecular formula is C22H29N3O. The fourth-order valence-corrected chi connectivity index (χ4v) is 3.24. The van der Waals surface area contributed by atoms with E-state index in [0.717, 1.165) is 43.7 Å².